The molecule has 35 heavy (non-hydrogen) atoms. The Bertz CT molecular complexity index is 1830. The first-order chi connectivity index (χ1) is 17.0. The first-order valence-corrected chi connectivity index (χ1v) is 12.7. The molecule has 0 bridgehead atoms. The lowest BCUT2D eigenvalue weighted by Gasteiger charge is -2.27. The first kappa shape index (κ1) is 19.4. The van der Waals surface area contributed by atoms with Gasteiger partial charge in [-0.05, 0) is 95.0 Å². The molecule has 0 fully saturated rings. The fourth-order valence-electron chi connectivity index (χ4n) is 7.11. The van der Waals surface area contributed by atoms with Crippen LogP contribution in [-0.2, 0) is 5.41 Å². The summed E-state index contributed by atoms with van der Waals surface area (Å²) >= 11 is 0. The van der Waals surface area contributed by atoms with Crippen LogP contribution >= 0.6 is 0 Å². The minimum atomic E-state index is -0.0266. The number of fused-ring (bicyclic) bond motifs is 2. The van der Waals surface area contributed by atoms with Gasteiger partial charge < -0.3 is 0 Å². The number of rotatable bonds is 1. The summed E-state index contributed by atoms with van der Waals surface area (Å²) in [5.74, 6) is 0.366. The van der Waals surface area contributed by atoms with Gasteiger partial charge >= 0.3 is 0 Å². The quantitative estimate of drug-likeness (QED) is 0.221. The van der Waals surface area contributed by atoms with Crippen molar-refractivity contribution in [3.05, 3.63) is 119 Å². The Labute approximate surface area is 205 Å². The highest BCUT2D eigenvalue weighted by molar-refractivity contribution is 6.14. The molecule has 1 unspecified atom stereocenters. The lowest BCUT2D eigenvalue weighted by molar-refractivity contribution is 0.660. The van der Waals surface area contributed by atoms with Crippen LogP contribution in [-0.4, -0.2) is 0 Å². The number of hydrogen-bond acceptors (Lipinski definition) is 0. The van der Waals surface area contributed by atoms with Gasteiger partial charge in [-0.1, -0.05) is 99.6 Å². The van der Waals surface area contributed by atoms with Crippen LogP contribution in [0.15, 0.2) is 97.1 Å². The van der Waals surface area contributed by atoms with Gasteiger partial charge in [-0.25, -0.2) is 0 Å². The van der Waals surface area contributed by atoms with Crippen molar-refractivity contribution in [2.24, 2.45) is 0 Å². The van der Waals surface area contributed by atoms with Crippen molar-refractivity contribution in [2.45, 2.75) is 32.1 Å². The van der Waals surface area contributed by atoms with Gasteiger partial charge in [0.15, 0.2) is 0 Å². The fraction of sp³-hybridized carbons (Fsp3) is 0.143. The normalized spacial score (nSPS) is 16.9. The Balaban J connectivity index is 1.55. The van der Waals surface area contributed by atoms with Crippen molar-refractivity contribution in [3.8, 4) is 22.3 Å². The molecule has 0 radical (unpaired) electrons. The third kappa shape index (κ3) is 2.33. The molecule has 166 valence electrons. The Kier molecular flexibility index (Phi) is 3.55. The lowest BCUT2D eigenvalue weighted by atomic mass is 9.76. The molecule has 0 aliphatic heterocycles. The van der Waals surface area contributed by atoms with E-state index in [0.717, 1.165) is 0 Å². The van der Waals surface area contributed by atoms with Crippen LogP contribution in [0.5, 0.6) is 0 Å². The standard InChI is InChI=1S/C35H26/c1-20-25-14-8-11-21-15-16-29-34(32(21)25)33-28(20)18-24(19-30(33)35(29,2)3)31-26-12-6-4-9-22(26)17-23-10-5-7-13-27(23)31/h4-20H,1-3H3. The average Bonchev–Trinajstić information content (AvgIpc) is 3.12. The summed E-state index contributed by atoms with van der Waals surface area (Å²) in [7, 11) is 0. The molecule has 0 nitrogen and oxygen atoms in total. The minimum Gasteiger partial charge on any atom is -0.0616 e. The van der Waals surface area contributed by atoms with Crippen molar-refractivity contribution in [3.63, 3.8) is 0 Å². The van der Waals surface area contributed by atoms with Crippen LogP contribution in [0.3, 0.4) is 0 Å². The molecule has 6 aromatic rings. The summed E-state index contributed by atoms with van der Waals surface area (Å²) < 4.78 is 0. The fourth-order valence-corrected chi connectivity index (χ4v) is 7.11. The average molecular weight is 447 g/mol. The van der Waals surface area contributed by atoms with E-state index in [1.165, 1.54) is 76.8 Å². The van der Waals surface area contributed by atoms with E-state index in [4.69, 9.17) is 0 Å². The zero-order valence-electron chi connectivity index (χ0n) is 20.3. The second kappa shape index (κ2) is 6.40. The molecule has 2 aliphatic rings. The van der Waals surface area contributed by atoms with Crippen LogP contribution in [0, 0.1) is 0 Å². The largest absolute Gasteiger partial charge is 0.0616 e. The second-order valence-electron chi connectivity index (χ2n) is 11.0. The van der Waals surface area contributed by atoms with Crippen molar-refractivity contribution in [2.75, 3.05) is 0 Å². The Morgan fingerprint density at radius 3 is 1.97 bits per heavy atom. The van der Waals surface area contributed by atoms with E-state index >= 15 is 0 Å². The molecule has 0 amide bonds. The molecule has 0 spiro atoms. The Hall–Kier alpha value is -3.90. The Morgan fingerprint density at radius 1 is 0.543 bits per heavy atom. The van der Waals surface area contributed by atoms with Gasteiger partial charge in [0.05, 0.1) is 0 Å². The van der Waals surface area contributed by atoms with Gasteiger partial charge in [0.1, 0.15) is 0 Å². The van der Waals surface area contributed by atoms with Crippen molar-refractivity contribution in [1.29, 1.82) is 0 Å². The molecule has 6 aromatic carbocycles. The van der Waals surface area contributed by atoms with E-state index < -0.39 is 0 Å². The molecule has 0 heterocycles. The lowest BCUT2D eigenvalue weighted by Crippen LogP contribution is -2.15. The van der Waals surface area contributed by atoms with Crippen molar-refractivity contribution in [1.82, 2.24) is 0 Å². The monoisotopic (exact) mass is 446 g/mol. The summed E-state index contributed by atoms with van der Waals surface area (Å²) in [5.41, 5.74) is 11.6. The molecule has 2 aliphatic carbocycles. The molecule has 0 saturated heterocycles. The summed E-state index contributed by atoms with van der Waals surface area (Å²) in [6.07, 6.45) is 0. The smallest absolute Gasteiger partial charge is 0.0159 e. The molecule has 0 N–H and O–H groups in total. The molecular weight excluding hydrogens is 420 g/mol. The Morgan fingerprint density at radius 2 is 1.23 bits per heavy atom. The van der Waals surface area contributed by atoms with Crippen LogP contribution in [0.1, 0.15) is 48.9 Å². The van der Waals surface area contributed by atoms with Gasteiger partial charge in [0.2, 0.25) is 0 Å². The van der Waals surface area contributed by atoms with Gasteiger partial charge in [-0.3, -0.25) is 0 Å². The maximum Gasteiger partial charge on any atom is 0.0159 e. The molecule has 0 saturated carbocycles. The molecular formula is C35H26. The maximum atomic E-state index is 2.51. The number of benzene rings is 6. The first-order valence-electron chi connectivity index (χ1n) is 12.7. The van der Waals surface area contributed by atoms with E-state index in [2.05, 4.69) is 118 Å². The second-order valence-corrected chi connectivity index (χ2v) is 11.0. The summed E-state index contributed by atoms with van der Waals surface area (Å²) in [4.78, 5) is 0. The van der Waals surface area contributed by atoms with Crippen LogP contribution in [0.25, 0.3) is 54.6 Å². The molecule has 8 rings (SSSR count). The van der Waals surface area contributed by atoms with E-state index in [9.17, 15) is 0 Å². The zero-order chi connectivity index (χ0) is 23.5. The predicted molar refractivity (Wildman–Crippen MR) is 149 cm³/mol. The van der Waals surface area contributed by atoms with E-state index in [0.29, 0.717) is 5.92 Å². The van der Waals surface area contributed by atoms with E-state index in [1.54, 1.807) is 0 Å². The minimum absolute atomic E-state index is 0.0266. The molecule has 0 aromatic heterocycles. The SMILES string of the molecule is CC1c2cc(-c3c4ccccc4cc4ccccc34)cc3c2-c2c(ccc4cccc1c24)C3(C)C. The third-order valence-corrected chi connectivity index (χ3v) is 8.84. The van der Waals surface area contributed by atoms with E-state index in [1.807, 2.05) is 0 Å². The summed E-state index contributed by atoms with van der Waals surface area (Å²) in [6, 6.07) is 36.7. The highest BCUT2D eigenvalue weighted by atomic mass is 14.4. The third-order valence-electron chi connectivity index (χ3n) is 8.84. The van der Waals surface area contributed by atoms with Gasteiger partial charge in [0.25, 0.3) is 0 Å². The topological polar surface area (TPSA) is 0 Å². The molecule has 0 heteroatoms. The van der Waals surface area contributed by atoms with Gasteiger partial charge in [-0.15, -0.1) is 0 Å². The molecule has 1 atom stereocenters. The predicted octanol–water partition coefficient (Wildman–Crippen LogP) is 9.58. The zero-order valence-corrected chi connectivity index (χ0v) is 20.3. The van der Waals surface area contributed by atoms with Gasteiger partial charge in [-0.2, -0.15) is 0 Å². The summed E-state index contributed by atoms with van der Waals surface area (Å²) in [6.45, 7) is 7.23. The van der Waals surface area contributed by atoms with Gasteiger partial charge in [0, 0.05) is 11.3 Å². The highest BCUT2D eigenvalue weighted by Crippen LogP contribution is 2.59. The van der Waals surface area contributed by atoms with E-state index in [-0.39, 0.29) is 5.41 Å². The van der Waals surface area contributed by atoms with Crippen molar-refractivity contribution < 1.29 is 0 Å². The van der Waals surface area contributed by atoms with Crippen LogP contribution in [0.4, 0.5) is 0 Å². The van der Waals surface area contributed by atoms with Crippen LogP contribution < -0.4 is 0 Å². The summed E-state index contributed by atoms with van der Waals surface area (Å²) in [5, 5.41) is 8.11. The van der Waals surface area contributed by atoms with Crippen molar-refractivity contribution >= 4 is 32.3 Å². The highest BCUT2D eigenvalue weighted by Gasteiger charge is 2.41. The maximum absolute atomic E-state index is 2.51. The number of hydrogen-bond donors (Lipinski definition) is 0. The van der Waals surface area contributed by atoms with Crippen LogP contribution in [0.2, 0.25) is 0 Å².